The van der Waals surface area contributed by atoms with Crippen LogP contribution in [0.4, 0.5) is 0 Å². The Kier molecular flexibility index (Phi) is 7.56. The summed E-state index contributed by atoms with van der Waals surface area (Å²) in [5.74, 6) is 0.570. The van der Waals surface area contributed by atoms with Gasteiger partial charge in [-0.2, -0.15) is 0 Å². The molecule has 0 spiro atoms. The summed E-state index contributed by atoms with van der Waals surface area (Å²) >= 11 is 0. The molecule has 180 valence electrons. The van der Waals surface area contributed by atoms with E-state index in [4.69, 9.17) is 0 Å². The van der Waals surface area contributed by atoms with Crippen molar-refractivity contribution in [3.05, 3.63) is 35.5 Å². The second-order valence-corrected chi connectivity index (χ2v) is 11.3. The maximum absolute atomic E-state index is 12.3. The van der Waals surface area contributed by atoms with Crippen LogP contribution in [-0.2, 0) is 4.79 Å². The second kappa shape index (κ2) is 9.54. The van der Waals surface area contributed by atoms with E-state index in [9.17, 15) is 25.2 Å². The summed E-state index contributed by atoms with van der Waals surface area (Å²) in [6.45, 7) is 11.4. The lowest BCUT2D eigenvalue weighted by molar-refractivity contribution is -0.144. The molecule has 0 aliphatic heterocycles. The first-order valence-corrected chi connectivity index (χ1v) is 12.2. The zero-order valence-electron chi connectivity index (χ0n) is 20.2. The number of aliphatic hydroxyl groups is 4. The molecule has 3 aliphatic rings. The number of aliphatic hydroxyl groups excluding tert-OH is 3. The van der Waals surface area contributed by atoms with Crippen molar-refractivity contribution in [2.75, 3.05) is 0 Å². The number of rotatable bonds is 6. The lowest BCUT2D eigenvalue weighted by Crippen LogP contribution is -2.42. The van der Waals surface area contributed by atoms with Crippen molar-refractivity contribution in [1.29, 1.82) is 0 Å². The molecule has 3 fully saturated rings. The number of carbonyl (C=O) groups excluding carboxylic acids is 1. The van der Waals surface area contributed by atoms with Crippen LogP contribution < -0.4 is 0 Å². The molecule has 32 heavy (non-hydrogen) atoms. The van der Waals surface area contributed by atoms with Crippen LogP contribution >= 0.6 is 0 Å². The van der Waals surface area contributed by atoms with Crippen LogP contribution in [0.15, 0.2) is 35.5 Å². The molecule has 4 N–H and O–H groups in total. The third-order valence-corrected chi connectivity index (χ3v) is 8.49. The fourth-order valence-corrected chi connectivity index (χ4v) is 6.71. The van der Waals surface area contributed by atoms with Gasteiger partial charge in [0.05, 0.1) is 12.2 Å². The van der Waals surface area contributed by atoms with Crippen LogP contribution in [0, 0.1) is 23.2 Å². The first kappa shape index (κ1) is 25.4. The average Bonchev–Trinajstić information content (AvgIpc) is 3.05. The van der Waals surface area contributed by atoms with Crippen molar-refractivity contribution in [2.24, 2.45) is 23.2 Å². The molecule has 3 saturated carbocycles. The molecule has 0 radical (unpaired) electrons. The molecule has 0 unspecified atom stereocenters. The summed E-state index contributed by atoms with van der Waals surface area (Å²) in [5.41, 5.74) is 1.69. The Morgan fingerprint density at radius 3 is 2.62 bits per heavy atom. The molecular weight excluding hydrogens is 404 g/mol. The van der Waals surface area contributed by atoms with E-state index in [-0.39, 0.29) is 11.3 Å². The molecule has 0 aromatic heterocycles. The summed E-state index contributed by atoms with van der Waals surface area (Å²) in [4.78, 5) is 12.3. The normalized spacial score (nSPS) is 38.1. The molecule has 0 amide bonds. The number of allylic oxidation sites excluding steroid dienone is 3. The molecule has 5 heteroatoms. The summed E-state index contributed by atoms with van der Waals surface area (Å²) < 4.78 is 0. The molecule has 0 saturated heterocycles. The number of hydrogen-bond acceptors (Lipinski definition) is 5. The molecule has 0 heterocycles. The Balaban J connectivity index is 1.75. The highest BCUT2D eigenvalue weighted by Crippen LogP contribution is 2.59. The van der Waals surface area contributed by atoms with E-state index in [0.717, 1.165) is 37.7 Å². The van der Waals surface area contributed by atoms with Gasteiger partial charge in [0, 0.05) is 6.42 Å². The van der Waals surface area contributed by atoms with Gasteiger partial charge in [-0.15, -0.1) is 0 Å². The first-order chi connectivity index (χ1) is 14.8. The maximum atomic E-state index is 12.3. The van der Waals surface area contributed by atoms with E-state index < -0.39 is 29.7 Å². The van der Waals surface area contributed by atoms with E-state index >= 15 is 0 Å². The Labute approximate surface area is 192 Å². The van der Waals surface area contributed by atoms with Crippen molar-refractivity contribution in [3.63, 3.8) is 0 Å². The van der Waals surface area contributed by atoms with Crippen molar-refractivity contribution < 1.29 is 25.2 Å². The molecule has 0 aromatic rings. The zero-order valence-corrected chi connectivity index (χ0v) is 20.2. The summed E-state index contributed by atoms with van der Waals surface area (Å²) in [5, 5.41) is 40.6. The van der Waals surface area contributed by atoms with Gasteiger partial charge < -0.3 is 20.4 Å². The topological polar surface area (TPSA) is 98.0 Å². The molecule has 5 nitrogen and oxygen atoms in total. The largest absolute Gasteiger partial charge is 0.393 e. The minimum atomic E-state index is -1.51. The van der Waals surface area contributed by atoms with Crippen molar-refractivity contribution in [1.82, 2.24) is 0 Å². The van der Waals surface area contributed by atoms with Gasteiger partial charge in [-0.3, -0.25) is 4.79 Å². The predicted molar refractivity (Wildman–Crippen MR) is 126 cm³/mol. The fraction of sp³-hybridized carbons (Fsp3) is 0.741. The number of carbonyl (C=O) groups is 1. The number of Topliss-reactive ketones (excluding diaryl/α,β-unsaturated/α-hetero) is 1. The molecule has 0 aromatic carbocycles. The summed E-state index contributed by atoms with van der Waals surface area (Å²) in [7, 11) is 0. The Hall–Kier alpha value is -1.27. The van der Waals surface area contributed by atoms with Gasteiger partial charge in [-0.1, -0.05) is 38.2 Å². The Morgan fingerprint density at radius 2 is 1.97 bits per heavy atom. The first-order valence-electron chi connectivity index (χ1n) is 12.2. The summed E-state index contributed by atoms with van der Waals surface area (Å²) in [6.07, 6.45) is 8.69. The number of ketones is 1. The van der Waals surface area contributed by atoms with Crippen LogP contribution in [0.5, 0.6) is 0 Å². The lowest BCUT2D eigenvalue weighted by atomic mass is 9.60. The lowest BCUT2D eigenvalue weighted by Gasteiger charge is -2.44. The Morgan fingerprint density at radius 1 is 1.28 bits per heavy atom. The van der Waals surface area contributed by atoms with Crippen molar-refractivity contribution in [2.45, 2.75) is 103 Å². The van der Waals surface area contributed by atoms with Gasteiger partial charge in [0.2, 0.25) is 0 Å². The van der Waals surface area contributed by atoms with E-state index in [1.807, 2.05) is 0 Å². The summed E-state index contributed by atoms with van der Waals surface area (Å²) in [6, 6.07) is 0. The molecule has 7 atom stereocenters. The van der Waals surface area contributed by atoms with Crippen LogP contribution in [-0.4, -0.2) is 50.1 Å². The van der Waals surface area contributed by atoms with Crippen LogP contribution in [0.3, 0.4) is 0 Å². The maximum Gasteiger partial charge on any atom is 0.192 e. The minimum absolute atomic E-state index is 0.127. The van der Waals surface area contributed by atoms with E-state index in [1.54, 1.807) is 0 Å². The predicted octanol–water partition coefficient (Wildman–Crippen LogP) is 3.85. The van der Waals surface area contributed by atoms with Crippen LogP contribution in [0.25, 0.3) is 0 Å². The van der Waals surface area contributed by atoms with Crippen LogP contribution in [0.2, 0.25) is 0 Å². The third-order valence-electron chi connectivity index (χ3n) is 8.49. The standard InChI is InChI=1S/C27H42O5/c1-16(13-24(30)25(31)26(3,4)32)21-10-11-22-18(7-6-12-27(21,22)5)8-9-19-14-20(28)15-23(29)17(19)2/h8-9,16,20-24,28-30,32H,2,6-7,10-15H2,1,3-5H3/b18-8+,19-9-/t16-,20+,21-,22+,23+,24+,27-/m1/s1. The van der Waals surface area contributed by atoms with E-state index in [2.05, 4.69) is 32.6 Å². The van der Waals surface area contributed by atoms with Gasteiger partial charge in [-0.25, -0.2) is 0 Å². The van der Waals surface area contributed by atoms with Crippen molar-refractivity contribution >= 4 is 5.78 Å². The third kappa shape index (κ3) is 5.11. The minimum Gasteiger partial charge on any atom is -0.393 e. The molecule has 3 rings (SSSR count). The van der Waals surface area contributed by atoms with Crippen LogP contribution in [0.1, 0.15) is 79.1 Å². The fourth-order valence-electron chi connectivity index (χ4n) is 6.71. The average molecular weight is 447 g/mol. The highest BCUT2D eigenvalue weighted by atomic mass is 16.3. The van der Waals surface area contributed by atoms with Gasteiger partial charge >= 0.3 is 0 Å². The van der Waals surface area contributed by atoms with Gasteiger partial charge in [0.15, 0.2) is 5.78 Å². The van der Waals surface area contributed by atoms with Crippen molar-refractivity contribution in [3.8, 4) is 0 Å². The molecule has 0 bridgehead atoms. The van der Waals surface area contributed by atoms with Gasteiger partial charge in [0.25, 0.3) is 0 Å². The van der Waals surface area contributed by atoms with E-state index in [0.29, 0.717) is 36.7 Å². The second-order valence-electron chi connectivity index (χ2n) is 11.3. The smallest absolute Gasteiger partial charge is 0.192 e. The highest BCUT2D eigenvalue weighted by molar-refractivity contribution is 5.89. The SMILES string of the molecule is C=C1/C(=C\C=C2/CCC[C@]3(C)[C@@H]([C@H](C)C[C@H](O)C(=O)C(C)(C)O)CC[C@@H]23)C[C@H](O)C[C@@H]1O. The quantitative estimate of drug-likeness (QED) is 0.497. The molecular formula is C27H42O5. The Bertz CT molecular complexity index is 788. The van der Waals surface area contributed by atoms with E-state index in [1.165, 1.54) is 19.4 Å². The number of fused-ring (bicyclic) bond motifs is 1. The number of hydrogen-bond donors (Lipinski definition) is 4. The zero-order chi connectivity index (χ0) is 23.8. The van der Waals surface area contributed by atoms with Gasteiger partial charge in [-0.05, 0) is 93.1 Å². The monoisotopic (exact) mass is 446 g/mol. The highest BCUT2D eigenvalue weighted by Gasteiger charge is 2.51. The molecule has 3 aliphatic carbocycles. The van der Waals surface area contributed by atoms with Gasteiger partial charge in [0.1, 0.15) is 11.7 Å².